The van der Waals surface area contributed by atoms with Gasteiger partial charge in [-0.3, -0.25) is 0 Å². The Morgan fingerprint density at radius 1 is 0.844 bits per heavy atom. The van der Waals surface area contributed by atoms with E-state index >= 15 is 0 Å². The van der Waals surface area contributed by atoms with E-state index in [2.05, 4.69) is 48.1 Å². The van der Waals surface area contributed by atoms with Crippen LogP contribution in [0.25, 0.3) is 0 Å². The van der Waals surface area contributed by atoms with Crippen molar-refractivity contribution in [3.8, 4) is 0 Å². The Morgan fingerprint density at radius 2 is 1.56 bits per heavy atom. The molecule has 0 heterocycles. The third-order valence-corrected chi connectivity index (χ3v) is 13.3. The molecule has 5 fully saturated rings. The molecule has 0 aromatic rings. The van der Waals surface area contributed by atoms with Crippen molar-refractivity contribution < 1.29 is 9.90 Å². The molecule has 0 bridgehead atoms. The number of fused-ring (bicyclic) bond motifs is 7. The van der Waals surface area contributed by atoms with E-state index in [0.29, 0.717) is 39.9 Å². The first-order valence-corrected chi connectivity index (χ1v) is 13.7. The third kappa shape index (κ3) is 2.60. The van der Waals surface area contributed by atoms with Crippen LogP contribution in [0.1, 0.15) is 106 Å². The molecule has 0 amide bonds. The van der Waals surface area contributed by atoms with Gasteiger partial charge in [-0.1, -0.05) is 46.8 Å². The molecule has 10 atom stereocenters. The van der Waals surface area contributed by atoms with Crippen LogP contribution in [0.4, 0.5) is 0 Å². The molecule has 1 N–H and O–H groups in total. The first-order chi connectivity index (χ1) is 14.9. The lowest BCUT2D eigenvalue weighted by molar-refractivity contribution is -0.245. The van der Waals surface area contributed by atoms with Crippen molar-refractivity contribution in [3.05, 3.63) is 12.2 Å². The molecule has 6 unspecified atom stereocenters. The number of hydrogen-bond acceptors (Lipinski definition) is 2. The molecule has 0 aromatic heterocycles. The summed E-state index contributed by atoms with van der Waals surface area (Å²) in [7, 11) is 0. The molecule has 0 aromatic carbocycles. The summed E-state index contributed by atoms with van der Waals surface area (Å²) in [5.74, 6) is 3.03. The van der Waals surface area contributed by atoms with Gasteiger partial charge in [-0.05, 0) is 122 Å². The molecule has 5 aliphatic carbocycles. The molecule has 0 spiro atoms. The van der Waals surface area contributed by atoms with Crippen LogP contribution in [-0.4, -0.2) is 17.5 Å². The fraction of sp³-hybridized carbons (Fsp3) is 0.900. The first kappa shape index (κ1) is 23.1. The largest absolute Gasteiger partial charge is 0.393 e. The summed E-state index contributed by atoms with van der Waals surface area (Å²) < 4.78 is 0. The summed E-state index contributed by atoms with van der Waals surface area (Å²) in [5.41, 5.74) is 2.20. The number of carbonyl (C=O) groups excluding carboxylic acids is 1. The molecule has 32 heavy (non-hydrogen) atoms. The maximum Gasteiger partial charge on any atom is 0.126 e. The minimum absolute atomic E-state index is 0.0157. The standard InChI is InChI=1S/C30H48O2/c1-19(2)20-10-15-30(18-31)17-16-28(6)21(25(20)30)8-9-23-27(5)13-12-24(32)26(3,4)22(27)11-14-29(23,28)7/h18,20-25,32H,1,8-17H2,2-7H3/t20?,21?,22?,23?,24-,25?,27-,28?,29+,30+/m0/s1. The predicted octanol–water partition coefficient (Wildman–Crippen LogP) is 7.20. The van der Waals surface area contributed by atoms with Crippen LogP contribution in [0.3, 0.4) is 0 Å². The van der Waals surface area contributed by atoms with Crippen molar-refractivity contribution in [2.45, 2.75) is 112 Å². The Hall–Kier alpha value is -0.630. The van der Waals surface area contributed by atoms with Gasteiger partial charge in [0.2, 0.25) is 0 Å². The fourth-order valence-corrected chi connectivity index (χ4v) is 11.4. The molecule has 2 nitrogen and oxygen atoms in total. The highest BCUT2D eigenvalue weighted by Crippen LogP contribution is 2.77. The van der Waals surface area contributed by atoms with E-state index in [4.69, 9.17) is 0 Å². The van der Waals surface area contributed by atoms with Crippen LogP contribution in [0.5, 0.6) is 0 Å². The van der Waals surface area contributed by atoms with Crippen LogP contribution in [0.15, 0.2) is 12.2 Å². The van der Waals surface area contributed by atoms with E-state index < -0.39 is 0 Å². The highest BCUT2D eigenvalue weighted by molar-refractivity contribution is 5.62. The SMILES string of the molecule is C=C(C)C1CC[C@]2(C=O)CCC3(C)C(CCC4[C@@]5(C)CC[C@H](O)C(C)(C)C5CC[C@]43C)C12. The van der Waals surface area contributed by atoms with Gasteiger partial charge in [-0.2, -0.15) is 0 Å². The van der Waals surface area contributed by atoms with E-state index in [9.17, 15) is 9.90 Å². The number of aldehydes is 1. The summed E-state index contributed by atoms with van der Waals surface area (Å²) in [6, 6.07) is 0. The van der Waals surface area contributed by atoms with Crippen molar-refractivity contribution in [3.63, 3.8) is 0 Å². The average Bonchev–Trinajstić information content (AvgIpc) is 3.12. The Bertz CT molecular complexity index is 814. The number of rotatable bonds is 2. The molecule has 180 valence electrons. The van der Waals surface area contributed by atoms with Gasteiger partial charge in [0.05, 0.1) is 6.10 Å². The molecule has 0 radical (unpaired) electrons. The maximum absolute atomic E-state index is 12.6. The zero-order valence-electron chi connectivity index (χ0n) is 21.7. The van der Waals surface area contributed by atoms with Crippen LogP contribution in [0.2, 0.25) is 0 Å². The molecule has 0 aliphatic heterocycles. The monoisotopic (exact) mass is 440 g/mol. The zero-order chi connectivity index (χ0) is 23.3. The molecule has 2 heteroatoms. The van der Waals surface area contributed by atoms with Gasteiger partial charge in [0.25, 0.3) is 0 Å². The molecule has 5 aliphatic rings. The first-order valence-electron chi connectivity index (χ1n) is 13.7. The zero-order valence-corrected chi connectivity index (χ0v) is 21.7. The van der Waals surface area contributed by atoms with E-state index in [1.165, 1.54) is 50.4 Å². The van der Waals surface area contributed by atoms with Gasteiger partial charge in [0.1, 0.15) is 6.29 Å². The third-order valence-electron chi connectivity index (χ3n) is 13.3. The Morgan fingerprint density at radius 3 is 2.22 bits per heavy atom. The van der Waals surface area contributed by atoms with E-state index in [0.717, 1.165) is 31.6 Å². The van der Waals surface area contributed by atoms with Crippen molar-refractivity contribution in [1.82, 2.24) is 0 Å². The Balaban J connectivity index is 1.56. The molecular weight excluding hydrogens is 392 g/mol. The van der Waals surface area contributed by atoms with Gasteiger partial charge in [-0.25, -0.2) is 0 Å². The second-order valence-electron chi connectivity index (χ2n) is 14.4. The highest BCUT2D eigenvalue weighted by atomic mass is 16.3. The van der Waals surface area contributed by atoms with E-state index in [-0.39, 0.29) is 16.9 Å². The summed E-state index contributed by atoms with van der Waals surface area (Å²) in [6.45, 7) is 19.2. The van der Waals surface area contributed by atoms with Gasteiger partial charge < -0.3 is 9.90 Å². The molecule has 5 rings (SSSR count). The predicted molar refractivity (Wildman–Crippen MR) is 131 cm³/mol. The smallest absolute Gasteiger partial charge is 0.126 e. The number of aliphatic hydroxyl groups excluding tert-OH is 1. The minimum Gasteiger partial charge on any atom is -0.393 e. The topological polar surface area (TPSA) is 37.3 Å². The van der Waals surface area contributed by atoms with Crippen LogP contribution < -0.4 is 0 Å². The lowest BCUT2D eigenvalue weighted by Gasteiger charge is -2.72. The number of hydrogen-bond donors (Lipinski definition) is 1. The van der Waals surface area contributed by atoms with E-state index in [1.54, 1.807) is 0 Å². The summed E-state index contributed by atoms with van der Waals surface area (Å²) >= 11 is 0. The second kappa shape index (κ2) is 6.96. The summed E-state index contributed by atoms with van der Waals surface area (Å²) in [6.07, 6.45) is 13.1. The second-order valence-corrected chi connectivity index (χ2v) is 14.4. The molecule has 0 saturated heterocycles. The Labute approximate surface area is 197 Å². The summed E-state index contributed by atoms with van der Waals surface area (Å²) in [4.78, 5) is 12.6. The lowest BCUT2D eigenvalue weighted by Crippen LogP contribution is -2.66. The fourth-order valence-electron chi connectivity index (χ4n) is 11.4. The van der Waals surface area contributed by atoms with Gasteiger partial charge in [-0.15, -0.1) is 0 Å². The van der Waals surface area contributed by atoms with Crippen molar-refractivity contribution in [2.24, 2.45) is 56.7 Å². The lowest BCUT2D eigenvalue weighted by atomic mass is 9.32. The number of carbonyl (C=O) groups is 1. The Kier molecular flexibility index (Phi) is 5.03. The van der Waals surface area contributed by atoms with Crippen molar-refractivity contribution in [1.29, 1.82) is 0 Å². The van der Waals surface area contributed by atoms with Gasteiger partial charge in [0, 0.05) is 5.41 Å². The van der Waals surface area contributed by atoms with Crippen LogP contribution >= 0.6 is 0 Å². The van der Waals surface area contributed by atoms with Gasteiger partial charge >= 0.3 is 0 Å². The summed E-state index contributed by atoms with van der Waals surface area (Å²) in [5, 5.41) is 10.9. The minimum atomic E-state index is -0.158. The quantitative estimate of drug-likeness (QED) is 0.364. The van der Waals surface area contributed by atoms with Crippen LogP contribution in [-0.2, 0) is 4.79 Å². The maximum atomic E-state index is 12.6. The van der Waals surface area contributed by atoms with Gasteiger partial charge in [0.15, 0.2) is 0 Å². The average molecular weight is 441 g/mol. The molecule has 5 saturated carbocycles. The van der Waals surface area contributed by atoms with Crippen molar-refractivity contribution >= 4 is 6.29 Å². The van der Waals surface area contributed by atoms with E-state index in [1.807, 2.05) is 0 Å². The number of aliphatic hydroxyl groups is 1. The molecular formula is C30H48O2. The van der Waals surface area contributed by atoms with Crippen molar-refractivity contribution in [2.75, 3.05) is 0 Å². The number of allylic oxidation sites excluding steroid dienone is 1. The highest BCUT2D eigenvalue weighted by Gasteiger charge is 2.70. The normalized spacial score (nSPS) is 56.3. The van der Waals surface area contributed by atoms with Crippen LogP contribution in [0, 0.1) is 56.7 Å².